The normalized spacial score (nSPS) is 12.1. The average Bonchev–Trinajstić information content (AvgIpc) is 3.00. The summed E-state index contributed by atoms with van der Waals surface area (Å²) in [5.41, 5.74) is 3.77. The molecular formula is C16H15N3S. The fourth-order valence-electron chi connectivity index (χ4n) is 2.27. The highest BCUT2D eigenvalue weighted by Crippen LogP contribution is 2.29. The van der Waals surface area contributed by atoms with Gasteiger partial charge in [-0.15, -0.1) is 5.10 Å². The van der Waals surface area contributed by atoms with Gasteiger partial charge in [-0.2, -0.15) is 0 Å². The van der Waals surface area contributed by atoms with Crippen molar-refractivity contribution in [1.29, 1.82) is 0 Å². The molecular weight excluding hydrogens is 266 g/mol. The van der Waals surface area contributed by atoms with Gasteiger partial charge in [-0.1, -0.05) is 59.1 Å². The predicted octanol–water partition coefficient (Wildman–Crippen LogP) is 4.05. The number of nitrogens with zero attached hydrogens (tertiary/aromatic N) is 2. The molecule has 0 spiro atoms. The van der Waals surface area contributed by atoms with Crippen LogP contribution in [0.5, 0.6) is 0 Å². The molecule has 20 heavy (non-hydrogen) atoms. The first-order chi connectivity index (χ1) is 9.84. The number of hydrogen-bond acceptors (Lipinski definition) is 4. The van der Waals surface area contributed by atoms with E-state index in [1.165, 1.54) is 28.2 Å². The van der Waals surface area contributed by atoms with E-state index in [9.17, 15) is 0 Å². The van der Waals surface area contributed by atoms with E-state index in [1.54, 1.807) is 6.20 Å². The van der Waals surface area contributed by atoms with E-state index < -0.39 is 0 Å². The molecule has 0 saturated heterocycles. The average molecular weight is 281 g/mol. The third kappa shape index (κ3) is 2.70. The molecule has 3 nitrogen and oxygen atoms in total. The fraction of sp³-hybridized carbons (Fsp3) is 0.125. The summed E-state index contributed by atoms with van der Waals surface area (Å²) in [6.45, 7) is 2.14. The van der Waals surface area contributed by atoms with Gasteiger partial charge in [0.05, 0.1) is 12.2 Å². The van der Waals surface area contributed by atoms with E-state index in [0.29, 0.717) is 0 Å². The number of aromatic nitrogens is 2. The summed E-state index contributed by atoms with van der Waals surface area (Å²) in [6.07, 6.45) is 1.76. The number of hydrogen-bond donors (Lipinski definition) is 1. The Hall–Kier alpha value is -2.20. The summed E-state index contributed by atoms with van der Waals surface area (Å²) in [7, 11) is 0. The minimum atomic E-state index is 0.111. The van der Waals surface area contributed by atoms with Crippen molar-refractivity contribution in [2.45, 2.75) is 13.0 Å². The SMILES string of the molecule is Cc1ccccc1C(Nc1cnns1)c1ccccc1. The second kappa shape index (κ2) is 5.84. The Balaban J connectivity index is 2.02. The van der Waals surface area contributed by atoms with Gasteiger partial charge in [-0.25, -0.2) is 0 Å². The molecule has 3 rings (SSSR count). The van der Waals surface area contributed by atoms with Gasteiger partial charge in [0.1, 0.15) is 5.00 Å². The predicted molar refractivity (Wildman–Crippen MR) is 83.0 cm³/mol. The summed E-state index contributed by atoms with van der Waals surface area (Å²) < 4.78 is 3.91. The molecule has 0 aliphatic heterocycles. The monoisotopic (exact) mass is 281 g/mol. The molecule has 1 atom stereocenters. The van der Waals surface area contributed by atoms with Crippen LogP contribution in [-0.4, -0.2) is 9.59 Å². The first-order valence-electron chi connectivity index (χ1n) is 6.49. The van der Waals surface area contributed by atoms with E-state index in [1.807, 2.05) is 6.07 Å². The smallest absolute Gasteiger partial charge is 0.130 e. The van der Waals surface area contributed by atoms with Crippen molar-refractivity contribution < 1.29 is 0 Å². The summed E-state index contributed by atoms with van der Waals surface area (Å²) in [5, 5.41) is 8.39. The zero-order chi connectivity index (χ0) is 13.8. The third-order valence-corrected chi connectivity index (χ3v) is 3.88. The number of rotatable bonds is 4. The van der Waals surface area contributed by atoms with Crippen LogP contribution >= 0.6 is 11.5 Å². The standard InChI is InChI=1S/C16H15N3S/c1-12-7-5-6-10-14(12)16(13-8-3-2-4-9-13)18-15-11-17-19-20-15/h2-11,16,18H,1H3. The van der Waals surface area contributed by atoms with Gasteiger partial charge in [-0.3, -0.25) is 0 Å². The Morgan fingerprint density at radius 2 is 1.75 bits per heavy atom. The first-order valence-corrected chi connectivity index (χ1v) is 7.26. The van der Waals surface area contributed by atoms with Crippen LogP contribution in [0.25, 0.3) is 0 Å². The van der Waals surface area contributed by atoms with Crippen LogP contribution in [0.15, 0.2) is 60.8 Å². The zero-order valence-electron chi connectivity index (χ0n) is 11.2. The van der Waals surface area contributed by atoms with Crippen LogP contribution < -0.4 is 5.32 Å². The lowest BCUT2D eigenvalue weighted by atomic mass is 9.95. The Labute approximate surface area is 122 Å². The minimum Gasteiger partial charge on any atom is -0.363 e. The quantitative estimate of drug-likeness (QED) is 0.784. The highest BCUT2D eigenvalue weighted by atomic mass is 32.1. The molecule has 0 bridgehead atoms. The fourth-order valence-corrected chi connectivity index (χ4v) is 2.72. The first kappa shape index (κ1) is 12.8. The Kier molecular flexibility index (Phi) is 3.74. The molecule has 1 aromatic heterocycles. The molecule has 0 amide bonds. The molecule has 1 N–H and O–H groups in total. The number of benzene rings is 2. The third-order valence-electron chi connectivity index (χ3n) is 3.28. The molecule has 2 aromatic carbocycles. The molecule has 1 heterocycles. The van der Waals surface area contributed by atoms with Crippen molar-refractivity contribution in [1.82, 2.24) is 9.59 Å². The molecule has 0 aliphatic carbocycles. The molecule has 0 saturated carbocycles. The number of nitrogens with one attached hydrogen (secondary N) is 1. The highest BCUT2D eigenvalue weighted by Gasteiger charge is 2.16. The second-order valence-electron chi connectivity index (χ2n) is 4.63. The van der Waals surface area contributed by atoms with E-state index in [0.717, 1.165) is 5.00 Å². The van der Waals surface area contributed by atoms with E-state index in [4.69, 9.17) is 0 Å². The van der Waals surface area contributed by atoms with Gasteiger partial charge in [0.15, 0.2) is 0 Å². The molecule has 100 valence electrons. The maximum Gasteiger partial charge on any atom is 0.130 e. The van der Waals surface area contributed by atoms with Gasteiger partial charge in [0.25, 0.3) is 0 Å². The Morgan fingerprint density at radius 3 is 2.45 bits per heavy atom. The van der Waals surface area contributed by atoms with Gasteiger partial charge >= 0.3 is 0 Å². The van der Waals surface area contributed by atoms with Crippen molar-refractivity contribution in [3.05, 3.63) is 77.5 Å². The summed E-state index contributed by atoms with van der Waals surface area (Å²) >= 11 is 1.37. The minimum absolute atomic E-state index is 0.111. The highest BCUT2D eigenvalue weighted by molar-refractivity contribution is 7.09. The zero-order valence-corrected chi connectivity index (χ0v) is 12.0. The van der Waals surface area contributed by atoms with E-state index in [2.05, 4.69) is 70.4 Å². The van der Waals surface area contributed by atoms with Crippen molar-refractivity contribution >= 4 is 16.5 Å². The maximum absolute atomic E-state index is 3.91. The number of anilines is 1. The van der Waals surface area contributed by atoms with Crippen molar-refractivity contribution in [3.8, 4) is 0 Å². The van der Waals surface area contributed by atoms with Crippen molar-refractivity contribution in [2.24, 2.45) is 0 Å². The lowest BCUT2D eigenvalue weighted by molar-refractivity contribution is 0.930. The van der Waals surface area contributed by atoms with Gasteiger partial charge in [-0.05, 0) is 23.6 Å². The van der Waals surface area contributed by atoms with Crippen LogP contribution in [0.2, 0.25) is 0 Å². The van der Waals surface area contributed by atoms with Crippen molar-refractivity contribution in [3.63, 3.8) is 0 Å². The molecule has 3 aromatic rings. The topological polar surface area (TPSA) is 37.8 Å². The molecule has 0 radical (unpaired) electrons. The summed E-state index contributed by atoms with van der Waals surface area (Å²) in [4.78, 5) is 0. The Morgan fingerprint density at radius 1 is 1.00 bits per heavy atom. The maximum atomic E-state index is 3.91. The lowest BCUT2D eigenvalue weighted by Gasteiger charge is -2.21. The van der Waals surface area contributed by atoms with Gasteiger partial charge < -0.3 is 5.32 Å². The van der Waals surface area contributed by atoms with Gasteiger partial charge in [0, 0.05) is 11.5 Å². The van der Waals surface area contributed by atoms with Crippen LogP contribution in [-0.2, 0) is 0 Å². The number of aryl methyl sites for hydroxylation is 1. The molecule has 4 heteroatoms. The molecule has 0 aliphatic rings. The van der Waals surface area contributed by atoms with Crippen molar-refractivity contribution in [2.75, 3.05) is 5.32 Å². The van der Waals surface area contributed by atoms with Gasteiger partial charge in [0.2, 0.25) is 0 Å². The van der Waals surface area contributed by atoms with E-state index in [-0.39, 0.29) is 6.04 Å². The lowest BCUT2D eigenvalue weighted by Crippen LogP contribution is -2.12. The summed E-state index contributed by atoms with van der Waals surface area (Å²) in [5.74, 6) is 0. The summed E-state index contributed by atoms with van der Waals surface area (Å²) in [6, 6.07) is 19.0. The van der Waals surface area contributed by atoms with Crippen LogP contribution in [0.3, 0.4) is 0 Å². The van der Waals surface area contributed by atoms with Crippen LogP contribution in [0.4, 0.5) is 5.00 Å². The van der Waals surface area contributed by atoms with Crippen LogP contribution in [0, 0.1) is 6.92 Å². The second-order valence-corrected chi connectivity index (χ2v) is 5.41. The van der Waals surface area contributed by atoms with Crippen LogP contribution in [0.1, 0.15) is 22.7 Å². The molecule has 0 fully saturated rings. The molecule has 1 unspecified atom stereocenters. The van der Waals surface area contributed by atoms with E-state index >= 15 is 0 Å². The Bertz CT molecular complexity index is 665. The largest absolute Gasteiger partial charge is 0.363 e.